The van der Waals surface area contributed by atoms with Crippen molar-refractivity contribution in [3.05, 3.63) is 40.9 Å². The highest BCUT2D eigenvalue weighted by molar-refractivity contribution is 8.13. The molecule has 24 heavy (non-hydrogen) atoms. The fourth-order valence-electron chi connectivity index (χ4n) is 2.55. The molecular formula is C19H27BO3S. The van der Waals surface area contributed by atoms with Gasteiger partial charge in [0.05, 0.1) is 11.2 Å². The van der Waals surface area contributed by atoms with Crippen LogP contribution in [0.5, 0.6) is 0 Å². The van der Waals surface area contributed by atoms with Gasteiger partial charge in [-0.2, -0.15) is 0 Å². The van der Waals surface area contributed by atoms with Crippen molar-refractivity contribution in [3.63, 3.8) is 0 Å². The Morgan fingerprint density at radius 2 is 1.75 bits per heavy atom. The molecule has 0 aliphatic carbocycles. The van der Waals surface area contributed by atoms with Gasteiger partial charge in [-0.1, -0.05) is 49.0 Å². The van der Waals surface area contributed by atoms with E-state index in [0.29, 0.717) is 5.75 Å². The van der Waals surface area contributed by atoms with Gasteiger partial charge in [0.2, 0.25) is 0 Å². The van der Waals surface area contributed by atoms with Crippen molar-refractivity contribution in [2.45, 2.75) is 59.2 Å². The van der Waals surface area contributed by atoms with Crippen molar-refractivity contribution in [1.29, 1.82) is 0 Å². The van der Waals surface area contributed by atoms with E-state index in [4.69, 9.17) is 9.31 Å². The summed E-state index contributed by atoms with van der Waals surface area (Å²) in [6.45, 7) is 11.9. The molecule has 1 heterocycles. The highest BCUT2D eigenvalue weighted by Gasteiger charge is 2.52. The van der Waals surface area contributed by atoms with E-state index in [1.807, 2.05) is 33.8 Å². The first kappa shape index (κ1) is 19.3. The predicted octanol–water partition coefficient (Wildman–Crippen LogP) is 4.54. The topological polar surface area (TPSA) is 35.5 Å². The molecule has 2 rings (SSSR count). The molecular weight excluding hydrogens is 319 g/mol. The zero-order valence-electron chi connectivity index (χ0n) is 15.5. The van der Waals surface area contributed by atoms with Crippen LogP contribution in [0.1, 0.15) is 52.7 Å². The molecule has 0 spiro atoms. The van der Waals surface area contributed by atoms with Gasteiger partial charge >= 0.3 is 7.12 Å². The van der Waals surface area contributed by atoms with Crippen LogP contribution in [0, 0.1) is 0 Å². The molecule has 0 aromatic heterocycles. The van der Waals surface area contributed by atoms with Crippen molar-refractivity contribution in [1.82, 2.24) is 0 Å². The molecule has 1 aliphatic rings. The van der Waals surface area contributed by atoms with Gasteiger partial charge in [0.25, 0.3) is 0 Å². The molecule has 1 fully saturated rings. The van der Waals surface area contributed by atoms with E-state index in [1.165, 1.54) is 17.3 Å². The first-order valence-corrected chi connectivity index (χ1v) is 9.42. The van der Waals surface area contributed by atoms with Crippen LogP contribution in [0.15, 0.2) is 29.7 Å². The van der Waals surface area contributed by atoms with Gasteiger partial charge in [0.1, 0.15) is 0 Å². The highest BCUT2D eigenvalue weighted by Crippen LogP contribution is 2.39. The second-order valence-corrected chi connectivity index (χ2v) is 8.29. The number of aryl methyl sites for hydroxylation is 1. The summed E-state index contributed by atoms with van der Waals surface area (Å²) >= 11 is 1.29. The number of carbonyl (C=O) groups excluding carboxylic acids is 1. The fraction of sp³-hybridized carbons (Fsp3) is 0.526. The molecule has 130 valence electrons. The van der Waals surface area contributed by atoms with E-state index in [9.17, 15) is 4.79 Å². The van der Waals surface area contributed by atoms with Gasteiger partial charge in [-0.05, 0) is 50.7 Å². The van der Waals surface area contributed by atoms with E-state index in [1.54, 1.807) is 6.92 Å². The quantitative estimate of drug-likeness (QED) is 0.733. The minimum absolute atomic E-state index is 0.0983. The van der Waals surface area contributed by atoms with Crippen molar-refractivity contribution in [2.75, 3.05) is 5.75 Å². The standard InChI is InChI=1S/C19H27BO3S/c1-7-15-10-8-9-11-16(15)12-17(13-24-14(2)21)20-22-18(3,4)19(5,6)23-20/h8-12H,7,13H2,1-6H3. The Morgan fingerprint density at radius 3 is 2.29 bits per heavy atom. The maximum absolute atomic E-state index is 11.4. The number of hydrogen-bond donors (Lipinski definition) is 0. The summed E-state index contributed by atoms with van der Waals surface area (Å²) in [5.41, 5.74) is 2.66. The normalized spacial score (nSPS) is 19.6. The summed E-state index contributed by atoms with van der Waals surface area (Å²) in [6, 6.07) is 8.31. The van der Waals surface area contributed by atoms with Crippen LogP contribution >= 0.6 is 11.8 Å². The number of thioether (sulfide) groups is 1. The Labute approximate surface area is 150 Å². The predicted molar refractivity (Wildman–Crippen MR) is 103 cm³/mol. The van der Waals surface area contributed by atoms with Crippen LogP contribution < -0.4 is 0 Å². The molecule has 0 unspecified atom stereocenters. The third kappa shape index (κ3) is 4.32. The molecule has 0 saturated carbocycles. The average molecular weight is 346 g/mol. The zero-order valence-corrected chi connectivity index (χ0v) is 16.3. The van der Waals surface area contributed by atoms with Gasteiger partial charge < -0.3 is 9.31 Å². The molecule has 1 saturated heterocycles. The molecule has 0 N–H and O–H groups in total. The van der Waals surface area contributed by atoms with Gasteiger partial charge in [-0.25, -0.2) is 0 Å². The van der Waals surface area contributed by atoms with Crippen molar-refractivity contribution in [3.8, 4) is 0 Å². The summed E-state index contributed by atoms with van der Waals surface area (Å²) in [4.78, 5) is 11.4. The van der Waals surface area contributed by atoms with Crippen LogP contribution in [0.3, 0.4) is 0 Å². The monoisotopic (exact) mass is 346 g/mol. The van der Waals surface area contributed by atoms with Gasteiger partial charge in [0, 0.05) is 12.7 Å². The molecule has 5 heteroatoms. The lowest BCUT2D eigenvalue weighted by Gasteiger charge is -2.32. The Morgan fingerprint density at radius 1 is 1.17 bits per heavy atom. The second kappa shape index (κ2) is 7.46. The molecule has 0 atom stereocenters. The molecule has 0 bridgehead atoms. The third-order valence-electron chi connectivity index (χ3n) is 4.77. The fourth-order valence-corrected chi connectivity index (χ4v) is 3.14. The summed E-state index contributed by atoms with van der Waals surface area (Å²) in [7, 11) is -0.424. The van der Waals surface area contributed by atoms with Gasteiger partial charge in [-0.15, -0.1) is 0 Å². The van der Waals surface area contributed by atoms with E-state index in [-0.39, 0.29) is 16.3 Å². The van der Waals surface area contributed by atoms with E-state index in [0.717, 1.165) is 17.5 Å². The molecule has 1 aliphatic heterocycles. The SMILES string of the molecule is CCc1ccccc1C=C(CSC(C)=O)B1OC(C)(C)C(C)(C)O1. The minimum atomic E-state index is -0.424. The number of carbonyl (C=O) groups is 1. The zero-order chi connectivity index (χ0) is 18.0. The third-order valence-corrected chi connectivity index (χ3v) is 5.66. The minimum Gasteiger partial charge on any atom is -0.400 e. The largest absolute Gasteiger partial charge is 0.491 e. The lowest BCUT2D eigenvalue weighted by molar-refractivity contribution is -0.109. The molecule has 0 radical (unpaired) electrons. The summed E-state index contributed by atoms with van der Waals surface area (Å²) in [5.74, 6) is 0.574. The van der Waals surface area contributed by atoms with Crippen LogP contribution in [0.2, 0.25) is 0 Å². The first-order valence-electron chi connectivity index (χ1n) is 8.43. The summed E-state index contributed by atoms with van der Waals surface area (Å²) < 4.78 is 12.4. The molecule has 1 aromatic rings. The van der Waals surface area contributed by atoms with Crippen LogP contribution in [0.25, 0.3) is 6.08 Å². The van der Waals surface area contributed by atoms with E-state index < -0.39 is 7.12 Å². The second-order valence-electron chi connectivity index (χ2n) is 7.14. The Balaban J connectivity index is 2.35. The maximum Gasteiger partial charge on any atom is 0.491 e. The van der Waals surface area contributed by atoms with Crippen molar-refractivity contribution < 1.29 is 14.1 Å². The smallest absolute Gasteiger partial charge is 0.400 e. The molecule has 3 nitrogen and oxygen atoms in total. The van der Waals surface area contributed by atoms with Gasteiger partial charge in [0.15, 0.2) is 5.12 Å². The average Bonchev–Trinajstić information content (AvgIpc) is 2.71. The van der Waals surface area contributed by atoms with Crippen LogP contribution in [0.4, 0.5) is 0 Å². The maximum atomic E-state index is 11.4. The van der Waals surface area contributed by atoms with Crippen molar-refractivity contribution >= 4 is 30.1 Å². The molecule has 1 aromatic carbocycles. The lowest BCUT2D eigenvalue weighted by Crippen LogP contribution is -2.41. The number of hydrogen-bond acceptors (Lipinski definition) is 4. The Bertz CT molecular complexity index is 621. The van der Waals surface area contributed by atoms with E-state index >= 15 is 0 Å². The van der Waals surface area contributed by atoms with Crippen LogP contribution in [-0.2, 0) is 20.5 Å². The number of benzene rings is 1. The van der Waals surface area contributed by atoms with Crippen LogP contribution in [-0.4, -0.2) is 29.2 Å². The lowest BCUT2D eigenvalue weighted by atomic mass is 9.78. The summed E-state index contributed by atoms with van der Waals surface area (Å²) in [6.07, 6.45) is 3.08. The Kier molecular flexibility index (Phi) is 6.00. The van der Waals surface area contributed by atoms with Gasteiger partial charge in [-0.3, -0.25) is 4.79 Å². The highest BCUT2D eigenvalue weighted by atomic mass is 32.2. The van der Waals surface area contributed by atoms with Crippen molar-refractivity contribution in [2.24, 2.45) is 0 Å². The first-order chi connectivity index (χ1) is 11.2. The molecule has 0 amide bonds. The van der Waals surface area contributed by atoms with E-state index in [2.05, 4.69) is 31.2 Å². The number of rotatable bonds is 5. The Hall–Kier alpha value is -1.04. The summed E-state index contributed by atoms with van der Waals surface area (Å²) in [5, 5.41) is 0.0983.